The van der Waals surface area contributed by atoms with Gasteiger partial charge in [0.2, 0.25) is 15.8 Å². The van der Waals surface area contributed by atoms with Gasteiger partial charge in [0, 0.05) is 23.2 Å². The number of benzene rings is 1. The summed E-state index contributed by atoms with van der Waals surface area (Å²) in [4.78, 5) is 8.30. The fraction of sp³-hybridized carbons (Fsp3) is 0.267. The normalized spacial score (nSPS) is 12.0. The molecule has 0 fully saturated rings. The molecule has 126 valence electrons. The third-order valence-corrected chi connectivity index (χ3v) is 4.32. The van der Waals surface area contributed by atoms with Crippen LogP contribution in [0, 0.1) is 0 Å². The minimum Gasteiger partial charge on any atom is -0.399 e. The van der Waals surface area contributed by atoms with E-state index in [1.807, 2.05) is 13.8 Å². The van der Waals surface area contributed by atoms with Crippen LogP contribution >= 0.6 is 0 Å². The summed E-state index contributed by atoms with van der Waals surface area (Å²) >= 11 is 0. The number of nitrogens with one attached hydrogen (secondary N) is 1. The summed E-state index contributed by atoms with van der Waals surface area (Å²) in [5.41, 5.74) is 8.34. The first kappa shape index (κ1) is 16.2. The van der Waals surface area contributed by atoms with Crippen LogP contribution in [0.25, 0.3) is 5.65 Å². The summed E-state index contributed by atoms with van der Waals surface area (Å²) in [5, 5.41) is 7.10. The zero-order valence-electron chi connectivity index (χ0n) is 13.6. The smallest absolute Gasteiger partial charge is 0.252 e. The fourth-order valence-electron chi connectivity index (χ4n) is 2.27. The number of rotatable bonds is 4. The Morgan fingerprint density at radius 1 is 1.25 bits per heavy atom. The van der Waals surface area contributed by atoms with Crippen LogP contribution < -0.4 is 11.1 Å². The Balaban J connectivity index is 2.22. The summed E-state index contributed by atoms with van der Waals surface area (Å²) in [6, 6.07) is 7.07. The van der Waals surface area contributed by atoms with Crippen molar-refractivity contribution in [1.82, 2.24) is 19.6 Å². The number of nitrogen functional groups attached to an aromatic ring is 1. The van der Waals surface area contributed by atoms with Gasteiger partial charge in [0.1, 0.15) is 0 Å². The Morgan fingerprint density at radius 3 is 2.62 bits per heavy atom. The lowest BCUT2D eigenvalue weighted by molar-refractivity contribution is 0.592. The van der Waals surface area contributed by atoms with E-state index in [-0.39, 0.29) is 17.0 Å². The molecule has 0 aliphatic rings. The van der Waals surface area contributed by atoms with Gasteiger partial charge in [-0.2, -0.15) is 19.6 Å². The van der Waals surface area contributed by atoms with Gasteiger partial charge in [-0.25, -0.2) is 8.42 Å². The molecule has 0 amide bonds. The van der Waals surface area contributed by atoms with Gasteiger partial charge in [0.25, 0.3) is 5.16 Å². The van der Waals surface area contributed by atoms with Crippen molar-refractivity contribution in [3.05, 3.63) is 36.0 Å². The van der Waals surface area contributed by atoms with Crippen LogP contribution in [0.2, 0.25) is 0 Å². The Bertz CT molecular complexity index is 1010. The summed E-state index contributed by atoms with van der Waals surface area (Å²) in [5.74, 6) is 0.406. The lowest BCUT2D eigenvalue weighted by Crippen LogP contribution is -2.12. The SMILES string of the molecule is CC(C)c1cnn2c(Nc3cccc(N)c3)nc(S(C)(=O)=O)nc12. The highest BCUT2D eigenvalue weighted by Gasteiger charge is 2.20. The van der Waals surface area contributed by atoms with Crippen LogP contribution in [-0.2, 0) is 9.84 Å². The van der Waals surface area contributed by atoms with Gasteiger partial charge in [-0.05, 0) is 24.1 Å². The minimum atomic E-state index is -3.57. The molecule has 9 heteroatoms. The standard InChI is InChI=1S/C15H18N6O2S/c1-9(2)12-8-17-21-13(12)19-15(24(3,22)23)20-14(21)18-11-6-4-5-10(16)7-11/h4-9H,16H2,1-3H3,(H,18,19,20). The second-order valence-electron chi connectivity index (χ2n) is 5.84. The predicted molar refractivity (Wildman–Crippen MR) is 92.1 cm³/mol. The van der Waals surface area contributed by atoms with E-state index in [9.17, 15) is 8.42 Å². The number of hydrogen-bond donors (Lipinski definition) is 2. The number of anilines is 3. The number of nitrogens with two attached hydrogens (primary N) is 1. The first-order valence-corrected chi connectivity index (χ1v) is 9.23. The minimum absolute atomic E-state index is 0.144. The van der Waals surface area contributed by atoms with Gasteiger partial charge >= 0.3 is 0 Å². The molecule has 1 aromatic carbocycles. The van der Waals surface area contributed by atoms with Gasteiger partial charge in [-0.3, -0.25) is 0 Å². The Kier molecular flexibility index (Phi) is 3.88. The number of aromatic nitrogens is 4. The zero-order valence-corrected chi connectivity index (χ0v) is 14.4. The second-order valence-corrected chi connectivity index (χ2v) is 7.75. The molecular formula is C15H18N6O2S. The summed E-state index contributed by atoms with van der Waals surface area (Å²) in [7, 11) is -3.57. The lowest BCUT2D eigenvalue weighted by Gasteiger charge is -2.10. The number of sulfone groups is 1. The number of nitrogens with zero attached hydrogens (tertiary/aromatic N) is 4. The molecule has 3 rings (SSSR count). The van der Waals surface area contributed by atoms with E-state index in [1.165, 1.54) is 4.52 Å². The molecule has 0 aliphatic heterocycles. The van der Waals surface area contributed by atoms with E-state index in [4.69, 9.17) is 5.73 Å². The van der Waals surface area contributed by atoms with Crippen LogP contribution in [-0.4, -0.2) is 34.3 Å². The highest BCUT2D eigenvalue weighted by atomic mass is 32.2. The highest BCUT2D eigenvalue weighted by molar-refractivity contribution is 7.90. The summed E-state index contributed by atoms with van der Waals surface area (Å²) in [6.45, 7) is 3.98. The Hall–Kier alpha value is -2.68. The quantitative estimate of drug-likeness (QED) is 0.694. The van der Waals surface area contributed by atoms with Crippen LogP contribution in [0.3, 0.4) is 0 Å². The molecule has 0 radical (unpaired) electrons. The van der Waals surface area contributed by atoms with Crippen molar-refractivity contribution in [2.45, 2.75) is 24.9 Å². The topological polar surface area (TPSA) is 115 Å². The Morgan fingerprint density at radius 2 is 2.00 bits per heavy atom. The van der Waals surface area contributed by atoms with E-state index < -0.39 is 9.84 Å². The van der Waals surface area contributed by atoms with Crippen LogP contribution in [0.4, 0.5) is 17.3 Å². The van der Waals surface area contributed by atoms with Gasteiger partial charge in [0.15, 0.2) is 5.65 Å². The van der Waals surface area contributed by atoms with Crippen molar-refractivity contribution in [2.24, 2.45) is 0 Å². The molecule has 0 saturated carbocycles. The van der Waals surface area contributed by atoms with Crippen molar-refractivity contribution in [2.75, 3.05) is 17.3 Å². The van der Waals surface area contributed by atoms with Crippen molar-refractivity contribution in [3.63, 3.8) is 0 Å². The molecule has 0 atom stereocenters. The molecule has 0 saturated heterocycles. The molecular weight excluding hydrogens is 328 g/mol. The second kappa shape index (κ2) is 5.75. The molecule has 0 unspecified atom stereocenters. The molecule has 0 spiro atoms. The average molecular weight is 346 g/mol. The van der Waals surface area contributed by atoms with Gasteiger partial charge in [-0.15, -0.1) is 0 Å². The van der Waals surface area contributed by atoms with Crippen LogP contribution in [0.1, 0.15) is 25.3 Å². The molecule has 2 aromatic heterocycles. The lowest BCUT2D eigenvalue weighted by atomic mass is 10.1. The predicted octanol–water partition coefficient (Wildman–Crippen LogP) is 1.98. The summed E-state index contributed by atoms with van der Waals surface area (Å²) < 4.78 is 25.4. The number of hydrogen-bond acceptors (Lipinski definition) is 7. The van der Waals surface area contributed by atoms with Crippen molar-refractivity contribution >= 4 is 32.8 Å². The van der Waals surface area contributed by atoms with Crippen molar-refractivity contribution in [3.8, 4) is 0 Å². The third-order valence-electron chi connectivity index (χ3n) is 3.47. The van der Waals surface area contributed by atoms with E-state index in [0.717, 1.165) is 11.8 Å². The fourth-order valence-corrected chi connectivity index (χ4v) is 2.78. The zero-order chi connectivity index (χ0) is 17.5. The monoisotopic (exact) mass is 346 g/mol. The van der Waals surface area contributed by atoms with E-state index in [2.05, 4.69) is 20.4 Å². The van der Waals surface area contributed by atoms with Gasteiger partial charge in [-0.1, -0.05) is 19.9 Å². The molecule has 0 aliphatic carbocycles. The molecule has 0 bridgehead atoms. The number of fused-ring (bicyclic) bond motifs is 1. The molecule has 2 heterocycles. The Labute approximate surface area is 139 Å². The van der Waals surface area contributed by atoms with Crippen molar-refractivity contribution < 1.29 is 8.42 Å². The van der Waals surface area contributed by atoms with E-state index in [0.29, 0.717) is 17.0 Å². The average Bonchev–Trinajstić information content (AvgIpc) is 2.90. The molecule has 8 nitrogen and oxygen atoms in total. The van der Waals surface area contributed by atoms with Crippen LogP contribution in [0.5, 0.6) is 0 Å². The van der Waals surface area contributed by atoms with Crippen molar-refractivity contribution in [1.29, 1.82) is 0 Å². The van der Waals surface area contributed by atoms with Gasteiger partial charge < -0.3 is 11.1 Å². The highest BCUT2D eigenvalue weighted by Crippen LogP contribution is 2.24. The van der Waals surface area contributed by atoms with Gasteiger partial charge in [0.05, 0.1) is 6.20 Å². The van der Waals surface area contributed by atoms with E-state index >= 15 is 0 Å². The molecule has 3 aromatic rings. The van der Waals surface area contributed by atoms with E-state index in [1.54, 1.807) is 30.5 Å². The maximum atomic E-state index is 11.9. The first-order valence-electron chi connectivity index (χ1n) is 7.34. The molecule has 24 heavy (non-hydrogen) atoms. The molecule has 3 N–H and O–H groups in total. The first-order chi connectivity index (χ1) is 11.3. The third kappa shape index (κ3) is 3.02. The largest absolute Gasteiger partial charge is 0.399 e. The van der Waals surface area contributed by atoms with Crippen LogP contribution in [0.15, 0.2) is 35.6 Å². The maximum absolute atomic E-state index is 11.9. The summed E-state index contributed by atoms with van der Waals surface area (Å²) in [6.07, 6.45) is 2.75. The maximum Gasteiger partial charge on any atom is 0.252 e.